The highest BCUT2D eigenvalue weighted by Gasteiger charge is 2.29. The Morgan fingerprint density at radius 3 is 2.73 bits per heavy atom. The summed E-state index contributed by atoms with van der Waals surface area (Å²) in [7, 11) is 0. The van der Waals surface area contributed by atoms with Crippen LogP contribution < -0.4 is 5.32 Å². The van der Waals surface area contributed by atoms with Crippen molar-refractivity contribution in [2.45, 2.75) is 57.5 Å². The van der Waals surface area contributed by atoms with Crippen molar-refractivity contribution < 1.29 is 0 Å². The van der Waals surface area contributed by atoms with Gasteiger partial charge in [-0.3, -0.25) is 0 Å². The predicted octanol–water partition coefficient (Wildman–Crippen LogP) is 2.32. The molecule has 3 atom stereocenters. The van der Waals surface area contributed by atoms with Crippen molar-refractivity contribution in [1.82, 2.24) is 5.32 Å². The number of nitrogens with one attached hydrogen (secondary N) is 1. The minimum atomic E-state index is 0.786. The van der Waals surface area contributed by atoms with Crippen LogP contribution in [0.5, 0.6) is 0 Å². The summed E-state index contributed by atoms with van der Waals surface area (Å²) in [5.74, 6) is 1.03. The van der Waals surface area contributed by atoms with E-state index in [1.54, 1.807) is 0 Å². The summed E-state index contributed by atoms with van der Waals surface area (Å²) in [6, 6.07) is 1.67. The van der Waals surface area contributed by atoms with Crippen LogP contribution in [0.25, 0.3) is 0 Å². The molecule has 1 saturated heterocycles. The predicted molar refractivity (Wildman–Crippen MR) is 47.6 cm³/mol. The third kappa shape index (κ3) is 1.58. The van der Waals surface area contributed by atoms with Crippen LogP contribution in [0.1, 0.15) is 45.4 Å². The summed E-state index contributed by atoms with van der Waals surface area (Å²) in [6.45, 7) is 2.32. The zero-order valence-corrected chi connectivity index (χ0v) is 7.47. The van der Waals surface area contributed by atoms with Crippen LogP contribution in [0.3, 0.4) is 0 Å². The molecule has 0 radical (unpaired) electrons. The van der Waals surface area contributed by atoms with Crippen LogP contribution in [-0.2, 0) is 0 Å². The van der Waals surface area contributed by atoms with Crippen molar-refractivity contribution >= 4 is 0 Å². The van der Waals surface area contributed by atoms with Gasteiger partial charge in [-0.05, 0) is 38.5 Å². The minimum absolute atomic E-state index is 0.786. The molecule has 0 amide bonds. The Hall–Kier alpha value is -0.0400. The Balaban J connectivity index is 1.93. The summed E-state index contributed by atoms with van der Waals surface area (Å²) in [5.41, 5.74) is 0. The molecule has 64 valence electrons. The Labute approximate surface area is 69.6 Å². The molecule has 1 N–H and O–H groups in total. The Kier molecular flexibility index (Phi) is 2.17. The highest BCUT2D eigenvalue weighted by atomic mass is 15.0. The number of piperidine rings is 1. The lowest BCUT2D eigenvalue weighted by atomic mass is 9.78. The van der Waals surface area contributed by atoms with E-state index in [-0.39, 0.29) is 0 Å². The Morgan fingerprint density at radius 1 is 1.00 bits per heavy atom. The van der Waals surface area contributed by atoms with Crippen LogP contribution in [0, 0.1) is 5.92 Å². The smallest absolute Gasteiger partial charge is 0.00978 e. The van der Waals surface area contributed by atoms with Crippen LogP contribution in [-0.4, -0.2) is 12.1 Å². The first-order valence-electron chi connectivity index (χ1n) is 5.12. The molecule has 0 aromatic heterocycles. The second-order valence-corrected chi connectivity index (χ2v) is 4.30. The van der Waals surface area contributed by atoms with Gasteiger partial charge < -0.3 is 5.32 Å². The molecule has 0 bridgehead atoms. The first-order chi connectivity index (χ1) is 5.36. The largest absolute Gasteiger partial charge is 0.311 e. The van der Waals surface area contributed by atoms with E-state index in [0.29, 0.717) is 0 Å². The molecule has 0 aromatic rings. The van der Waals surface area contributed by atoms with Gasteiger partial charge in [0.2, 0.25) is 0 Å². The number of hydrogen-bond acceptors (Lipinski definition) is 1. The molecule has 2 fully saturated rings. The summed E-state index contributed by atoms with van der Waals surface area (Å²) in [4.78, 5) is 0. The third-order valence-corrected chi connectivity index (χ3v) is 3.38. The molecular weight excluding hydrogens is 134 g/mol. The first kappa shape index (κ1) is 7.60. The van der Waals surface area contributed by atoms with Crippen LogP contribution in [0.2, 0.25) is 0 Å². The zero-order chi connectivity index (χ0) is 7.68. The summed E-state index contributed by atoms with van der Waals surface area (Å²) >= 11 is 0. The van der Waals surface area contributed by atoms with Gasteiger partial charge >= 0.3 is 0 Å². The van der Waals surface area contributed by atoms with Gasteiger partial charge in [0, 0.05) is 12.1 Å². The molecule has 2 aliphatic rings. The van der Waals surface area contributed by atoms with Gasteiger partial charge in [-0.15, -0.1) is 0 Å². The average Bonchev–Trinajstić information content (AvgIpc) is 2.04. The molecule has 2 rings (SSSR count). The number of fused-ring (bicyclic) bond motifs is 1. The van der Waals surface area contributed by atoms with E-state index < -0.39 is 0 Å². The SMILES string of the molecule is CC1CCC2CCCC[C@H]2N1. The average molecular weight is 153 g/mol. The maximum Gasteiger partial charge on any atom is 0.00978 e. The molecule has 1 saturated carbocycles. The van der Waals surface area contributed by atoms with Gasteiger partial charge in [0.15, 0.2) is 0 Å². The lowest BCUT2D eigenvalue weighted by molar-refractivity contribution is 0.182. The van der Waals surface area contributed by atoms with E-state index in [1.165, 1.54) is 38.5 Å². The Morgan fingerprint density at radius 2 is 1.82 bits per heavy atom. The summed E-state index contributed by atoms with van der Waals surface area (Å²) in [5, 5.41) is 3.72. The fourth-order valence-electron chi connectivity index (χ4n) is 2.69. The Bertz CT molecular complexity index is 133. The monoisotopic (exact) mass is 153 g/mol. The second kappa shape index (κ2) is 3.14. The molecule has 0 spiro atoms. The molecule has 1 aliphatic heterocycles. The van der Waals surface area contributed by atoms with Crippen molar-refractivity contribution in [2.75, 3.05) is 0 Å². The molecule has 1 nitrogen and oxygen atoms in total. The third-order valence-electron chi connectivity index (χ3n) is 3.38. The molecule has 1 aliphatic carbocycles. The van der Waals surface area contributed by atoms with Gasteiger partial charge in [-0.2, -0.15) is 0 Å². The minimum Gasteiger partial charge on any atom is -0.311 e. The topological polar surface area (TPSA) is 12.0 Å². The lowest BCUT2D eigenvalue weighted by Crippen LogP contribution is -2.47. The van der Waals surface area contributed by atoms with Crippen molar-refractivity contribution in [3.05, 3.63) is 0 Å². The maximum absolute atomic E-state index is 3.72. The fourth-order valence-corrected chi connectivity index (χ4v) is 2.69. The molecule has 2 unspecified atom stereocenters. The molecule has 0 aromatic carbocycles. The van der Waals surface area contributed by atoms with E-state index in [0.717, 1.165) is 18.0 Å². The van der Waals surface area contributed by atoms with E-state index in [1.807, 2.05) is 0 Å². The van der Waals surface area contributed by atoms with Crippen LogP contribution in [0.15, 0.2) is 0 Å². The van der Waals surface area contributed by atoms with Crippen molar-refractivity contribution in [1.29, 1.82) is 0 Å². The van der Waals surface area contributed by atoms with Crippen molar-refractivity contribution in [3.63, 3.8) is 0 Å². The molecule has 11 heavy (non-hydrogen) atoms. The summed E-state index contributed by atoms with van der Waals surface area (Å²) < 4.78 is 0. The zero-order valence-electron chi connectivity index (χ0n) is 7.47. The van der Waals surface area contributed by atoms with Gasteiger partial charge in [0.05, 0.1) is 0 Å². The molecule has 1 heterocycles. The fraction of sp³-hybridized carbons (Fsp3) is 1.00. The first-order valence-corrected chi connectivity index (χ1v) is 5.12. The standard InChI is InChI=1S/C10H19N/c1-8-6-7-9-4-2-3-5-10(9)11-8/h8-11H,2-7H2,1H3/t8?,9?,10-/m1/s1. The second-order valence-electron chi connectivity index (χ2n) is 4.30. The lowest BCUT2D eigenvalue weighted by Gasteiger charge is -2.39. The van der Waals surface area contributed by atoms with Crippen molar-refractivity contribution in [3.8, 4) is 0 Å². The van der Waals surface area contributed by atoms with Gasteiger partial charge in [-0.25, -0.2) is 0 Å². The van der Waals surface area contributed by atoms with E-state index >= 15 is 0 Å². The van der Waals surface area contributed by atoms with E-state index in [9.17, 15) is 0 Å². The van der Waals surface area contributed by atoms with Crippen molar-refractivity contribution in [2.24, 2.45) is 5.92 Å². The quantitative estimate of drug-likeness (QED) is 0.563. The summed E-state index contributed by atoms with van der Waals surface area (Å²) in [6.07, 6.45) is 8.76. The molecule has 1 heteroatoms. The van der Waals surface area contributed by atoms with E-state index in [4.69, 9.17) is 0 Å². The van der Waals surface area contributed by atoms with E-state index in [2.05, 4.69) is 12.2 Å². The number of rotatable bonds is 0. The highest BCUT2D eigenvalue weighted by Crippen LogP contribution is 2.31. The van der Waals surface area contributed by atoms with Gasteiger partial charge in [-0.1, -0.05) is 12.8 Å². The highest BCUT2D eigenvalue weighted by molar-refractivity contribution is 4.87. The van der Waals surface area contributed by atoms with Gasteiger partial charge in [0.25, 0.3) is 0 Å². The normalized spacial score (nSPS) is 45.0. The van der Waals surface area contributed by atoms with Crippen LogP contribution >= 0.6 is 0 Å². The van der Waals surface area contributed by atoms with Gasteiger partial charge in [0.1, 0.15) is 0 Å². The number of hydrogen-bond donors (Lipinski definition) is 1. The maximum atomic E-state index is 3.72. The molecular formula is C10H19N. The van der Waals surface area contributed by atoms with Crippen LogP contribution in [0.4, 0.5) is 0 Å².